The summed E-state index contributed by atoms with van der Waals surface area (Å²) in [6, 6.07) is 8.92. The number of pyridine rings is 1. The van der Waals surface area contributed by atoms with E-state index in [9.17, 15) is 9.59 Å². The highest BCUT2D eigenvalue weighted by Crippen LogP contribution is 2.28. The Morgan fingerprint density at radius 2 is 1.89 bits per heavy atom. The molecule has 2 aromatic heterocycles. The van der Waals surface area contributed by atoms with Crippen molar-refractivity contribution in [2.24, 2.45) is 12.8 Å². The fourth-order valence-corrected chi connectivity index (χ4v) is 3.88. The van der Waals surface area contributed by atoms with Gasteiger partial charge in [0.1, 0.15) is 6.04 Å². The Kier molecular flexibility index (Phi) is 3.95. The van der Waals surface area contributed by atoms with E-state index in [0.717, 1.165) is 27.9 Å². The molecule has 3 aromatic rings. The van der Waals surface area contributed by atoms with Gasteiger partial charge in [-0.1, -0.05) is 24.3 Å². The Labute approximate surface area is 156 Å². The molecule has 1 aliphatic rings. The van der Waals surface area contributed by atoms with Crippen molar-refractivity contribution in [3.8, 4) is 0 Å². The highest BCUT2D eigenvalue weighted by atomic mass is 16.2. The molecule has 7 heteroatoms. The fourth-order valence-electron chi connectivity index (χ4n) is 3.88. The zero-order valence-corrected chi connectivity index (χ0v) is 15.6. The minimum atomic E-state index is -0.673. The largest absolute Gasteiger partial charge is 0.368 e. The predicted octanol–water partition coefficient (Wildman–Crippen LogP) is 1.64. The summed E-state index contributed by atoms with van der Waals surface area (Å²) in [6.45, 7) is 4.05. The summed E-state index contributed by atoms with van der Waals surface area (Å²) in [6.07, 6.45) is 0.427. The van der Waals surface area contributed by atoms with Crippen LogP contribution in [0.5, 0.6) is 0 Å². The van der Waals surface area contributed by atoms with Crippen molar-refractivity contribution in [3.05, 3.63) is 58.4 Å². The number of primary amides is 1. The Hall–Kier alpha value is -3.22. The van der Waals surface area contributed by atoms with Crippen molar-refractivity contribution in [2.45, 2.75) is 32.9 Å². The van der Waals surface area contributed by atoms with Crippen LogP contribution in [0.3, 0.4) is 0 Å². The normalized spacial score (nSPS) is 16.4. The van der Waals surface area contributed by atoms with Crippen LogP contribution in [0, 0.1) is 13.8 Å². The number of amides is 2. The van der Waals surface area contributed by atoms with E-state index in [0.29, 0.717) is 24.2 Å². The molecule has 2 amide bonds. The van der Waals surface area contributed by atoms with Crippen LogP contribution in [0.25, 0.3) is 11.0 Å². The van der Waals surface area contributed by atoms with E-state index in [1.807, 2.05) is 38.1 Å². The van der Waals surface area contributed by atoms with Gasteiger partial charge < -0.3 is 10.6 Å². The molecule has 0 bridgehead atoms. The van der Waals surface area contributed by atoms with E-state index in [1.54, 1.807) is 22.7 Å². The van der Waals surface area contributed by atoms with Gasteiger partial charge in [0, 0.05) is 25.7 Å². The minimum Gasteiger partial charge on any atom is -0.368 e. The quantitative estimate of drug-likeness (QED) is 0.749. The van der Waals surface area contributed by atoms with E-state index in [2.05, 4.69) is 10.1 Å². The number of carbonyl (C=O) groups excluding carboxylic acids is 2. The van der Waals surface area contributed by atoms with E-state index in [1.165, 1.54) is 0 Å². The first kappa shape index (κ1) is 17.2. The van der Waals surface area contributed by atoms with Crippen molar-refractivity contribution >= 4 is 22.8 Å². The zero-order chi connectivity index (χ0) is 19.3. The average Bonchev–Trinajstić information content (AvgIpc) is 2.93. The third-order valence-corrected chi connectivity index (χ3v) is 5.17. The van der Waals surface area contributed by atoms with Crippen molar-refractivity contribution < 1.29 is 9.59 Å². The molecule has 0 saturated heterocycles. The van der Waals surface area contributed by atoms with Gasteiger partial charge in [-0.3, -0.25) is 14.3 Å². The lowest BCUT2D eigenvalue weighted by Gasteiger charge is -2.35. The van der Waals surface area contributed by atoms with Gasteiger partial charge in [0.2, 0.25) is 5.91 Å². The van der Waals surface area contributed by atoms with E-state index in [-0.39, 0.29) is 5.91 Å². The first-order valence-electron chi connectivity index (χ1n) is 8.85. The summed E-state index contributed by atoms with van der Waals surface area (Å²) < 4.78 is 1.67. The topological polar surface area (TPSA) is 94.1 Å². The monoisotopic (exact) mass is 363 g/mol. The third kappa shape index (κ3) is 2.75. The molecule has 7 nitrogen and oxygen atoms in total. The molecule has 0 spiro atoms. The van der Waals surface area contributed by atoms with Crippen molar-refractivity contribution in [1.82, 2.24) is 19.7 Å². The molecule has 0 radical (unpaired) electrons. The first-order chi connectivity index (χ1) is 12.9. The highest BCUT2D eigenvalue weighted by molar-refractivity contribution is 6.07. The summed E-state index contributed by atoms with van der Waals surface area (Å²) in [5, 5.41) is 5.12. The maximum atomic E-state index is 13.5. The Morgan fingerprint density at radius 1 is 1.19 bits per heavy atom. The first-order valence-corrected chi connectivity index (χ1v) is 8.85. The standard InChI is InChI=1S/C20H21N5O2/c1-11-8-15(17-12(2)23-24(3)19(17)22-11)20(27)25-10-14-7-5-4-6-13(14)9-16(25)18(21)26/h4-8,16H,9-10H2,1-3H3,(H2,21,26)/t16-/m1/s1. The van der Waals surface area contributed by atoms with Gasteiger partial charge in [-0.15, -0.1) is 0 Å². The Balaban J connectivity index is 1.85. The van der Waals surface area contributed by atoms with Crippen molar-refractivity contribution in [1.29, 1.82) is 0 Å². The number of hydrogen-bond donors (Lipinski definition) is 1. The van der Waals surface area contributed by atoms with Crippen LogP contribution in [0.15, 0.2) is 30.3 Å². The summed E-state index contributed by atoms with van der Waals surface area (Å²) in [5.74, 6) is -0.720. The zero-order valence-electron chi connectivity index (χ0n) is 15.6. The molecule has 1 aromatic carbocycles. The van der Waals surface area contributed by atoms with Crippen LogP contribution >= 0.6 is 0 Å². The summed E-state index contributed by atoms with van der Waals surface area (Å²) in [5.41, 5.74) is 10.4. The van der Waals surface area contributed by atoms with Crippen LogP contribution < -0.4 is 5.73 Å². The minimum absolute atomic E-state index is 0.222. The number of fused-ring (bicyclic) bond motifs is 2. The van der Waals surface area contributed by atoms with Gasteiger partial charge in [-0.2, -0.15) is 5.10 Å². The van der Waals surface area contributed by atoms with Crippen LogP contribution in [-0.4, -0.2) is 37.5 Å². The second kappa shape index (κ2) is 6.19. The van der Waals surface area contributed by atoms with Crippen LogP contribution in [0.4, 0.5) is 0 Å². The summed E-state index contributed by atoms with van der Waals surface area (Å²) >= 11 is 0. The highest BCUT2D eigenvalue weighted by Gasteiger charge is 2.35. The molecule has 138 valence electrons. The van der Waals surface area contributed by atoms with Gasteiger partial charge in [-0.25, -0.2) is 4.98 Å². The fraction of sp³-hybridized carbons (Fsp3) is 0.300. The molecule has 0 saturated carbocycles. The molecule has 4 rings (SSSR count). The van der Waals surface area contributed by atoms with E-state index < -0.39 is 11.9 Å². The van der Waals surface area contributed by atoms with Gasteiger partial charge in [0.05, 0.1) is 16.6 Å². The predicted molar refractivity (Wildman–Crippen MR) is 101 cm³/mol. The lowest BCUT2D eigenvalue weighted by Crippen LogP contribution is -2.51. The molecular weight excluding hydrogens is 342 g/mol. The smallest absolute Gasteiger partial charge is 0.255 e. The van der Waals surface area contributed by atoms with Gasteiger partial charge in [-0.05, 0) is 31.0 Å². The van der Waals surface area contributed by atoms with E-state index >= 15 is 0 Å². The number of benzene rings is 1. The van der Waals surface area contributed by atoms with Crippen LogP contribution in [0.2, 0.25) is 0 Å². The molecule has 3 heterocycles. The van der Waals surface area contributed by atoms with Crippen LogP contribution in [0.1, 0.15) is 32.9 Å². The molecule has 2 N–H and O–H groups in total. The maximum Gasteiger partial charge on any atom is 0.255 e. The lowest BCUT2D eigenvalue weighted by molar-refractivity contribution is -0.122. The number of hydrogen-bond acceptors (Lipinski definition) is 4. The Bertz CT molecular complexity index is 1090. The second-order valence-electron chi connectivity index (χ2n) is 7.04. The Morgan fingerprint density at radius 3 is 2.59 bits per heavy atom. The second-order valence-corrected chi connectivity index (χ2v) is 7.04. The van der Waals surface area contributed by atoms with Gasteiger partial charge in [0.15, 0.2) is 5.65 Å². The third-order valence-electron chi connectivity index (χ3n) is 5.17. The maximum absolute atomic E-state index is 13.5. The summed E-state index contributed by atoms with van der Waals surface area (Å²) in [7, 11) is 1.80. The number of rotatable bonds is 2. The lowest BCUT2D eigenvalue weighted by atomic mass is 9.92. The van der Waals surface area contributed by atoms with Crippen molar-refractivity contribution in [3.63, 3.8) is 0 Å². The summed E-state index contributed by atoms with van der Waals surface area (Å²) in [4.78, 5) is 31.7. The number of carbonyl (C=O) groups is 2. The average molecular weight is 363 g/mol. The molecule has 0 unspecified atom stereocenters. The van der Waals surface area contributed by atoms with Gasteiger partial charge in [0.25, 0.3) is 5.91 Å². The van der Waals surface area contributed by atoms with Crippen LogP contribution in [-0.2, 0) is 24.8 Å². The molecular formula is C20H21N5O2. The molecule has 0 fully saturated rings. The van der Waals surface area contributed by atoms with E-state index in [4.69, 9.17) is 5.73 Å². The number of nitrogens with two attached hydrogens (primary N) is 1. The number of aromatic nitrogens is 3. The molecule has 1 aliphatic heterocycles. The number of aryl methyl sites for hydroxylation is 3. The number of nitrogens with zero attached hydrogens (tertiary/aromatic N) is 4. The molecule has 0 aliphatic carbocycles. The SMILES string of the molecule is Cc1cc(C(=O)N2Cc3ccccc3C[C@@H]2C(N)=O)c2c(C)nn(C)c2n1. The molecule has 27 heavy (non-hydrogen) atoms. The molecule has 1 atom stereocenters. The van der Waals surface area contributed by atoms with Crippen molar-refractivity contribution in [2.75, 3.05) is 0 Å². The van der Waals surface area contributed by atoms with Gasteiger partial charge >= 0.3 is 0 Å².